The molecule has 0 bridgehead atoms. The molecular formula is C15H21N5O2. The van der Waals surface area contributed by atoms with E-state index in [4.69, 9.17) is 9.47 Å². The summed E-state index contributed by atoms with van der Waals surface area (Å²) in [5.74, 6) is 0.894. The Labute approximate surface area is 129 Å². The van der Waals surface area contributed by atoms with Gasteiger partial charge < -0.3 is 18.9 Å². The van der Waals surface area contributed by atoms with Crippen molar-refractivity contribution in [3.05, 3.63) is 12.7 Å². The van der Waals surface area contributed by atoms with Crippen molar-refractivity contribution in [2.24, 2.45) is 0 Å². The highest BCUT2D eigenvalue weighted by molar-refractivity contribution is 5.83. The number of aromatic nitrogens is 4. The first-order chi connectivity index (χ1) is 10.8. The Morgan fingerprint density at radius 3 is 2.82 bits per heavy atom. The molecule has 3 heterocycles. The summed E-state index contributed by atoms with van der Waals surface area (Å²) in [5, 5.41) is 0. The number of fused-ring (bicyclic) bond motifs is 1. The van der Waals surface area contributed by atoms with Gasteiger partial charge in [0.05, 0.1) is 25.1 Å². The Morgan fingerprint density at radius 1 is 1.23 bits per heavy atom. The monoisotopic (exact) mass is 303 g/mol. The van der Waals surface area contributed by atoms with E-state index < -0.39 is 0 Å². The summed E-state index contributed by atoms with van der Waals surface area (Å²) in [6.45, 7) is 1.47. The zero-order valence-electron chi connectivity index (χ0n) is 13.0. The topological polar surface area (TPSA) is 65.3 Å². The number of nitrogens with zero attached hydrogens (tertiary/aromatic N) is 5. The third kappa shape index (κ3) is 2.24. The Morgan fingerprint density at radius 2 is 2.09 bits per heavy atom. The Balaban J connectivity index is 1.73. The summed E-state index contributed by atoms with van der Waals surface area (Å²) < 4.78 is 13.1. The van der Waals surface area contributed by atoms with E-state index in [-0.39, 0.29) is 12.1 Å². The molecule has 7 heteroatoms. The first kappa shape index (κ1) is 13.9. The second-order valence-corrected chi connectivity index (χ2v) is 6.11. The molecule has 0 aromatic carbocycles. The third-order valence-electron chi connectivity index (χ3n) is 4.62. The van der Waals surface area contributed by atoms with E-state index >= 15 is 0 Å². The van der Waals surface area contributed by atoms with Crippen molar-refractivity contribution in [3.8, 4) is 0 Å². The molecule has 2 atom stereocenters. The molecule has 1 saturated carbocycles. The number of methoxy groups -OCH3 is 2. The first-order valence-electron chi connectivity index (χ1n) is 7.77. The van der Waals surface area contributed by atoms with Crippen molar-refractivity contribution in [3.63, 3.8) is 0 Å². The molecule has 1 saturated heterocycles. The van der Waals surface area contributed by atoms with Gasteiger partial charge in [0, 0.05) is 26.8 Å². The van der Waals surface area contributed by atoms with Crippen LogP contribution in [0.2, 0.25) is 0 Å². The fourth-order valence-corrected chi connectivity index (χ4v) is 3.32. The van der Waals surface area contributed by atoms with Crippen LogP contribution in [0.4, 0.5) is 5.82 Å². The number of imidazole rings is 1. The molecule has 2 fully saturated rings. The van der Waals surface area contributed by atoms with Crippen molar-refractivity contribution in [1.82, 2.24) is 19.5 Å². The highest BCUT2D eigenvalue weighted by Gasteiger charge is 2.35. The van der Waals surface area contributed by atoms with Gasteiger partial charge in [-0.3, -0.25) is 0 Å². The minimum absolute atomic E-state index is 0.204. The van der Waals surface area contributed by atoms with Crippen LogP contribution in [0.15, 0.2) is 12.7 Å². The van der Waals surface area contributed by atoms with Crippen LogP contribution < -0.4 is 4.90 Å². The van der Waals surface area contributed by atoms with Crippen LogP contribution in [0, 0.1) is 0 Å². The van der Waals surface area contributed by atoms with Crippen molar-refractivity contribution in [2.45, 2.75) is 37.5 Å². The van der Waals surface area contributed by atoms with Gasteiger partial charge in [-0.15, -0.1) is 0 Å². The molecule has 0 spiro atoms. The van der Waals surface area contributed by atoms with Gasteiger partial charge in [-0.2, -0.15) is 0 Å². The lowest BCUT2D eigenvalue weighted by Gasteiger charge is -2.24. The zero-order chi connectivity index (χ0) is 15.1. The van der Waals surface area contributed by atoms with Crippen molar-refractivity contribution in [2.75, 3.05) is 32.3 Å². The maximum Gasteiger partial charge on any atom is 0.165 e. The number of hydrogen-bond acceptors (Lipinski definition) is 6. The normalized spacial score (nSPS) is 25.3. The minimum atomic E-state index is 0.204. The predicted octanol–water partition coefficient (Wildman–Crippen LogP) is 1.40. The van der Waals surface area contributed by atoms with Crippen LogP contribution in [0.5, 0.6) is 0 Å². The van der Waals surface area contributed by atoms with Crippen molar-refractivity contribution in [1.29, 1.82) is 0 Å². The second kappa shape index (κ2) is 5.48. The molecule has 4 rings (SSSR count). The first-order valence-corrected chi connectivity index (χ1v) is 7.77. The van der Waals surface area contributed by atoms with Gasteiger partial charge in [0.2, 0.25) is 0 Å². The molecule has 2 aromatic rings. The van der Waals surface area contributed by atoms with E-state index in [0.29, 0.717) is 12.6 Å². The lowest BCUT2D eigenvalue weighted by atomic mass is 10.2. The van der Waals surface area contributed by atoms with Crippen LogP contribution in [-0.2, 0) is 9.47 Å². The maximum atomic E-state index is 5.54. The Kier molecular flexibility index (Phi) is 3.46. The summed E-state index contributed by atoms with van der Waals surface area (Å²) in [5.41, 5.74) is 1.82. The van der Waals surface area contributed by atoms with E-state index in [1.54, 1.807) is 20.5 Å². The summed E-state index contributed by atoms with van der Waals surface area (Å²) >= 11 is 0. The molecule has 1 aliphatic heterocycles. The van der Waals surface area contributed by atoms with Crippen LogP contribution in [-0.4, -0.2) is 59.0 Å². The van der Waals surface area contributed by atoms with Crippen molar-refractivity contribution >= 4 is 17.0 Å². The summed E-state index contributed by atoms with van der Waals surface area (Å²) in [4.78, 5) is 15.8. The van der Waals surface area contributed by atoms with Crippen LogP contribution >= 0.6 is 0 Å². The molecule has 0 N–H and O–H groups in total. The van der Waals surface area contributed by atoms with Gasteiger partial charge in [0.1, 0.15) is 6.33 Å². The van der Waals surface area contributed by atoms with Gasteiger partial charge in [-0.1, -0.05) is 0 Å². The standard InChI is InChI=1S/C15H21N5O2/c1-21-7-11-5-12(22-2)6-19(11)14-13-15(17-8-16-14)20(9-18-13)10-3-4-10/h8-12H,3-7H2,1-2H3/t11-,12-/m0/s1. The SMILES string of the molecule is COC[C@@H]1C[C@H](OC)CN1c1ncnc2c1ncn2C1CC1. The molecular weight excluding hydrogens is 282 g/mol. The van der Waals surface area contributed by atoms with Gasteiger partial charge in [0.15, 0.2) is 17.0 Å². The largest absolute Gasteiger partial charge is 0.383 e. The van der Waals surface area contributed by atoms with Crippen LogP contribution in [0.1, 0.15) is 25.3 Å². The summed E-state index contributed by atoms with van der Waals surface area (Å²) in [7, 11) is 3.49. The van der Waals surface area contributed by atoms with Gasteiger partial charge in [0.25, 0.3) is 0 Å². The lowest BCUT2D eigenvalue weighted by molar-refractivity contribution is 0.111. The third-order valence-corrected chi connectivity index (χ3v) is 4.62. The number of anilines is 1. The zero-order valence-corrected chi connectivity index (χ0v) is 13.0. The van der Waals surface area contributed by atoms with E-state index in [1.165, 1.54) is 12.8 Å². The predicted molar refractivity (Wildman–Crippen MR) is 82.0 cm³/mol. The van der Waals surface area contributed by atoms with Crippen LogP contribution in [0.3, 0.4) is 0 Å². The van der Waals surface area contributed by atoms with Gasteiger partial charge in [-0.05, 0) is 19.3 Å². The van der Waals surface area contributed by atoms with E-state index in [1.807, 2.05) is 6.33 Å². The molecule has 0 amide bonds. The molecule has 2 aromatic heterocycles. The van der Waals surface area contributed by atoms with Crippen molar-refractivity contribution < 1.29 is 9.47 Å². The number of hydrogen-bond donors (Lipinski definition) is 0. The average molecular weight is 303 g/mol. The molecule has 118 valence electrons. The van der Waals surface area contributed by atoms with Gasteiger partial charge in [-0.25, -0.2) is 15.0 Å². The Bertz CT molecular complexity index is 669. The van der Waals surface area contributed by atoms with E-state index in [9.17, 15) is 0 Å². The smallest absolute Gasteiger partial charge is 0.165 e. The fourth-order valence-electron chi connectivity index (χ4n) is 3.32. The molecule has 7 nitrogen and oxygen atoms in total. The Hall–Kier alpha value is -1.73. The maximum absolute atomic E-state index is 5.54. The summed E-state index contributed by atoms with van der Waals surface area (Å²) in [6, 6.07) is 0.826. The van der Waals surface area contributed by atoms with Crippen LogP contribution in [0.25, 0.3) is 11.2 Å². The second-order valence-electron chi connectivity index (χ2n) is 6.11. The number of ether oxygens (including phenoxy) is 2. The highest BCUT2D eigenvalue weighted by atomic mass is 16.5. The molecule has 2 aliphatic rings. The molecule has 0 radical (unpaired) electrons. The highest BCUT2D eigenvalue weighted by Crippen LogP contribution is 2.38. The molecule has 0 unspecified atom stereocenters. The quantitative estimate of drug-likeness (QED) is 0.832. The van der Waals surface area contributed by atoms with E-state index in [0.717, 1.165) is 29.9 Å². The fraction of sp³-hybridized carbons (Fsp3) is 0.667. The number of rotatable bonds is 5. The summed E-state index contributed by atoms with van der Waals surface area (Å²) in [6.07, 6.45) is 7.12. The minimum Gasteiger partial charge on any atom is -0.383 e. The lowest BCUT2D eigenvalue weighted by Crippen LogP contribution is -2.34. The molecule has 22 heavy (non-hydrogen) atoms. The average Bonchev–Trinajstić information content (AvgIpc) is 3.16. The molecule has 1 aliphatic carbocycles. The van der Waals surface area contributed by atoms with E-state index in [2.05, 4.69) is 24.4 Å². The van der Waals surface area contributed by atoms with Gasteiger partial charge >= 0.3 is 0 Å².